The summed E-state index contributed by atoms with van der Waals surface area (Å²) in [6.07, 6.45) is 2.28. The Morgan fingerprint density at radius 3 is 2.82 bits per heavy atom. The molecule has 0 bridgehead atoms. The molecular formula is C12H21NO4. The average Bonchev–Trinajstić information content (AvgIpc) is 2.74. The summed E-state index contributed by atoms with van der Waals surface area (Å²) in [5, 5.41) is 9.18. The summed E-state index contributed by atoms with van der Waals surface area (Å²) in [7, 11) is 0. The van der Waals surface area contributed by atoms with Gasteiger partial charge in [0.15, 0.2) is 5.79 Å². The summed E-state index contributed by atoms with van der Waals surface area (Å²) >= 11 is 0. The second kappa shape index (κ2) is 5.33. The molecule has 0 aliphatic carbocycles. The quantitative estimate of drug-likeness (QED) is 0.784. The van der Waals surface area contributed by atoms with Crippen molar-refractivity contribution in [2.24, 2.45) is 0 Å². The summed E-state index contributed by atoms with van der Waals surface area (Å²) < 4.78 is 11.2. The van der Waals surface area contributed by atoms with Gasteiger partial charge in [-0.3, -0.25) is 4.79 Å². The smallest absolute Gasteiger partial charge is 0.222 e. The van der Waals surface area contributed by atoms with Crippen molar-refractivity contribution in [3.63, 3.8) is 0 Å². The van der Waals surface area contributed by atoms with E-state index in [1.54, 1.807) is 11.8 Å². The van der Waals surface area contributed by atoms with Crippen LogP contribution in [0, 0.1) is 0 Å². The number of likely N-dealkylation sites (tertiary alicyclic amines) is 1. The van der Waals surface area contributed by atoms with Crippen molar-refractivity contribution in [2.45, 2.75) is 44.5 Å². The number of aliphatic hydroxyl groups is 1. The lowest BCUT2D eigenvalue weighted by Crippen LogP contribution is -2.51. The number of nitrogens with zero attached hydrogens (tertiary/aromatic N) is 1. The first-order chi connectivity index (χ1) is 8.11. The first kappa shape index (κ1) is 12.8. The Morgan fingerprint density at radius 2 is 2.18 bits per heavy atom. The molecule has 2 aliphatic rings. The Kier molecular flexibility index (Phi) is 4.01. The highest BCUT2D eigenvalue weighted by Gasteiger charge is 2.41. The molecule has 98 valence electrons. The van der Waals surface area contributed by atoms with Gasteiger partial charge in [-0.15, -0.1) is 0 Å². The maximum absolute atomic E-state index is 11.9. The fraction of sp³-hybridized carbons (Fsp3) is 0.917. The highest BCUT2D eigenvalue weighted by atomic mass is 16.7. The molecule has 2 fully saturated rings. The largest absolute Gasteiger partial charge is 0.393 e. The van der Waals surface area contributed by atoms with Crippen molar-refractivity contribution in [1.29, 1.82) is 0 Å². The Balaban J connectivity index is 1.86. The Labute approximate surface area is 102 Å². The minimum Gasteiger partial charge on any atom is -0.393 e. The summed E-state index contributed by atoms with van der Waals surface area (Å²) in [6.45, 7) is 4.25. The van der Waals surface area contributed by atoms with Gasteiger partial charge in [0.25, 0.3) is 0 Å². The third kappa shape index (κ3) is 3.18. The number of rotatable bonds is 3. The van der Waals surface area contributed by atoms with Crippen LogP contribution in [-0.2, 0) is 14.3 Å². The van der Waals surface area contributed by atoms with Crippen LogP contribution >= 0.6 is 0 Å². The van der Waals surface area contributed by atoms with Crippen molar-refractivity contribution in [2.75, 3.05) is 26.3 Å². The third-order valence-corrected chi connectivity index (χ3v) is 3.36. The molecule has 0 aromatic rings. The van der Waals surface area contributed by atoms with Crippen LogP contribution in [0.25, 0.3) is 0 Å². The fourth-order valence-corrected chi connectivity index (χ4v) is 2.42. The van der Waals surface area contributed by atoms with Gasteiger partial charge >= 0.3 is 0 Å². The predicted octanol–water partition coefficient (Wildman–Crippen LogP) is 0.513. The number of piperidine rings is 1. The van der Waals surface area contributed by atoms with Crippen LogP contribution in [0.15, 0.2) is 0 Å². The van der Waals surface area contributed by atoms with Crippen molar-refractivity contribution >= 4 is 5.91 Å². The van der Waals surface area contributed by atoms with Gasteiger partial charge in [-0.1, -0.05) is 0 Å². The summed E-state index contributed by atoms with van der Waals surface area (Å²) in [4.78, 5) is 13.7. The normalized spacial score (nSPS) is 25.2. The summed E-state index contributed by atoms with van der Waals surface area (Å²) in [5.41, 5.74) is 0. The topological polar surface area (TPSA) is 59.0 Å². The molecule has 2 heterocycles. The molecule has 5 nitrogen and oxygen atoms in total. The first-order valence-corrected chi connectivity index (χ1v) is 6.35. The van der Waals surface area contributed by atoms with E-state index in [2.05, 4.69) is 0 Å². The minimum absolute atomic E-state index is 0.0871. The zero-order valence-corrected chi connectivity index (χ0v) is 10.4. The highest BCUT2D eigenvalue weighted by Crippen LogP contribution is 2.30. The molecule has 1 amide bonds. The van der Waals surface area contributed by atoms with Gasteiger partial charge < -0.3 is 19.5 Å². The molecule has 2 rings (SSSR count). The van der Waals surface area contributed by atoms with Crippen molar-refractivity contribution in [1.82, 2.24) is 4.90 Å². The van der Waals surface area contributed by atoms with Crippen molar-refractivity contribution < 1.29 is 19.4 Å². The van der Waals surface area contributed by atoms with Crippen LogP contribution in [0.1, 0.15) is 32.6 Å². The number of hydrogen-bond donors (Lipinski definition) is 1. The van der Waals surface area contributed by atoms with E-state index in [9.17, 15) is 9.90 Å². The van der Waals surface area contributed by atoms with E-state index >= 15 is 0 Å². The SMILES string of the molecule is CC(O)CCC(=O)N1CCCC2(C1)OCCO2. The Hall–Kier alpha value is -0.650. The second-order valence-corrected chi connectivity index (χ2v) is 4.91. The van der Waals surface area contributed by atoms with Crippen LogP contribution in [0.5, 0.6) is 0 Å². The number of carbonyl (C=O) groups excluding carboxylic acids is 1. The molecule has 0 saturated carbocycles. The lowest BCUT2D eigenvalue weighted by Gasteiger charge is -2.38. The standard InChI is InChI=1S/C12H21NO4/c1-10(14)3-4-11(15)13-6-2-5-12(9-13)16-7-8-17-12/h10,14H,2-9H2,1H3. The van der Waals surface area contributed by atoms with Crippen LogP contribution in [0.3, 0.4) is 0 Å². The lowest BCUT2D eigenvalue weighted by atomic mass is 10.0. The van der Waals surface area contributed by atoms with E-state index < -0.39 is 11.9 Å². The fourth-order valence-electron chi connectivity index (χ4n) is 2.42. The van der Waals surface area contributed by atoms with Crippen LogP contribution in [0.4, 0.5) is 0 Å². The Morgan fingerprint density at radius 1 is 1.47 bits per heavy atom. The molecule has 2 saturated heterocycles. The molecule has 0 aromatic heterocycles. The van der Waals surface area contributed by atoms with Gasteiger partial charge in [-0.2, -0.15) is 0 Å². The molecule has 2 aliphatic heterocycles. The van der Waals surface area contributed by atoms with Gasteiger partial charge in [0.2, 0.25) is 5.91 Å². The average molecular weight is 243 g/mol. The predicted molar refractivity (Wildman–Crippen MR) is 61.4 cm³/mol. The Bertz CT molecular complexity index is 274. The summed E-state index contributed by atoms with van der Waals surface area (Å²) in [6, 6.07) is 0. The van der Waals surface area contributed by atoms with Gasteiger partial charge in [0, 0.05) is 19.4 Å². The van der Waals surface area contributed by atoms with Crippen molar-refractivity contribution in [3.8, 4) is 0 Å². The molecule has 1 spiro atoms. The molecule has 0 radical (unpaired) electrons. The number of hydrogen-bond acceptors (Lipinski definition) is 4. The van der Waals surface area contributed by atoms with Crippen LogP contribution in [-0.4, -0.2) is 54.1 Å². The van der Waals surface area contributed by atoms with E-state index in [1.165, 1.54) is 0 Å². The molecule has 1 atom stereocenters. The van der Waals surface area contributed by atoms with E-state index in [0.29, 0.717) is 32.6 Å². The second-order valence-electron chi connectivity index (χ2n) is 4.91. The van der Waals surface area contributed by atoms with E-state index in [4.69, 9.17) is 9.47 Å². The zero-order valence-electron chi connectivity index (χ0n) is 10.4. The molecular weight excluding hydrogens is 222 g/mol. The number of ether oxygens (including phenoxy) is 2. The summed E-state index contributed by atoms with van der Waals surface area (Å²) in [5.74, 6) is -0.456. The monoisotopic (exact) mass is 243 g/mol. The zero-order chi connectivity index (χ0) is 12.3. The maximum Gasteiger partial charge on any atom is 0.222 e. The molecule has 5 heteroatoms. The molecule has 0 aromatic carbocycles. The van der Waals surface area contributed by atoms with Gasteiger partial charge in [0.1, 0.15) is 0 Å². The lowest BCUT2D eigenvalue weighted by molar-refractivity contribution is -0.193. The number of carbonyl (C=O) groups is 1. The van der Waals surface area contributed by atoms with E-state index in [0.717, 1.165) is 19.4 Å². The number of aliphatic hydroxyl groups excluding tert-OH is 1. The van der Waals surface area contributed by atoms with Crippen LogP contribution in [0.2, 0.25) is 0 Å². The highest BCUT2D eigenvalue weighted by molar-refractivity contribution is 5.76. The van der Waals surface area contributed by atoms with Gasteiger partial charge in [-0.25, -0.2) is 0 Å². The first-order valence-electron chi connectivity index (χ1n) is 6.35. The van der Waals surface area contributed by atoms with Gasteiger partial charge in [0.05, 0.1) is 25.9 Å². The maximum atomic E-state index is 11.9. The molecule has 1 unspecified atom stereocenters. The molecule has 17 heavy (non-hydrogen) atoms. The van der Waals surface area contributed by atoms with Crippen molar-refractivity contribution in [3.05, 3.63) is 0 Å². The van der Waals surface area contributed by atoms with Crippen LogP contribution < -0.4 is 0 Å². The minimum atomic E-state index is -0.543. The molecule has 1 N–H and O–H groups in total. The van der Waals surface area contributed by atoms with Gasteiger partial charge in [-0.05, 0) is 19.8 Å². The third-order valence-electron chi connectivity index (χ3n) is 3.36. The van der Waals surface area contributed by atoms with E-state index in [1.807, 2.05) is 0 Å². The number of amides is 1. The van der Waals surface area contributed by atoms with E-state index in [-0.39, 0.29) is 5.91 Å².